The van der Waals surface area contributed by atoms with Gasteiger partial charge in [-0.25, -0.2) is 0 Å². The van der Waals surface area contributed by atoms with Gasteiger partial charge in [0.2, 0.25) is 0 Å². The van der Waals surface area contributed by atoms with E-state index >= 15 is 0 Å². The normalized spacial score (nSPS) is 10.0. The lowest BCUT2D eigenvalue weighted by Crippen LogP contribution is -1.90. The Morgan fingerprint density at radius 1 is 0.636 bits per heavy atom. The maximum atomic E-state index is 9.59. The molecule has 2 aromatic rings. The molecular formula is C20H28O2. The van der Waals surface area contributed by atoms with Gasteiger partial charge in [0.15, 0.2) is 0 Å². The second-order valence-corrected chi connectivity index (χ2v) is 5.25. The van der Waals surface area contributed by atoms with E-state index in [2.05, 4.69) is 33.8 Å². The summed E-state index contributed by atoms with van der Waals surface area (Å²) in [5.41, 5.74) is 4.44. The number of aromatic hydroxyl groups is 2. The number of benzene rings is 2. The average Bonchev–Trinajstić information content (AvgIpc) is 2.55. The van der Waals surface area contributed by atoms with Crippen molar-refractivity contribution in [1.29, 1.82) is 0 Å². The third-order valence-electron chi connectivity index (χ3n) is 3.95. The van der Waals surface area contributed by atoms with Crippen LogP contribution in [0.2, 0.25) is 0 Å². The summed E-state index contributed by atoms with van der Waals surface area (Å²) in [4.78, 5) is 0. The van der Waals surface area contributed by atoms with E-state index in [9.17, 15) is 10.2 Å². The van der Waals surface area contributed by atoms with Gasteiger partial charge in [-0.15, -0.1) is 0 Å². The molecule has 0 aliphatic carbocycles. The Hall–Kier alpha value is -1.96. The van der Waals surface area contributed by atoms with Crippen molar-refractivity contribution < 1.29 is 10.2 Å². The molecule has 0 amide bonds. The Labute approximate surface area is 134 Å². The van der Waals surface area contributed by atoms with Crippen LogP contribution >= 0.6 is 0 Å². The van der Waals surface area contributed by atoms with E-state index < -0.39 is 0 Å². The first-order valence-corrected chi connectivity index (χ1v) is 8.18. The Morgan fingerprint density at radius 3 is 1.50 bits per heavy atom. The van der Waals surface area contributed by atoms with Crippen LogP contribution < -0.4 is 0 Å². The summed E-state index contributed by atoms with van der Waals surface area (Å²) in [7, 11) is 0. The summed E-state index contributed by atoms with van der Waals surface area (Å²) in [6, 6.07) is 11.6. The minimum absolute atomic E-state index is 0.437. The van der Waals surface area contributed by atoms with E-state index in [0.29, 0.717) is 11.5 Å². The molecule has 2 rings (SSSR count). The van der Waals surface area contributed by atoms with Gasteiger partial charge in [-0.3, -0.25) is 0 Å². The first kappa shape index (κ1) is 18.1. The molecule has 0 aliphatic heterocycles. The summed E-state index contributed by atoms with van der Waals surface area (Å²) in [5.74, 6) is 0.921. The summed E-state index contributed by atoms with van der Waals surface area (Å²) in [6.45, 7) is 8.27. The predicted molar refractivity (Wildman–Crippen MR) is 93.7 cm³/mol. The number of hydrogen-bond donors (Lipinski definition) is 2. The Morgan fingerprint density at radius 2 is 1.09 bits per heavy atom. The van der Waals surface area contributed by atoms with E-state index in [1.54, 1.807) is 6.07 Å². The van der Waals surface area contributed by atoms with Crippen LogP contribution in [0.15, 0.2) is 36.4 Å². The third kappa shape index (κ3) is 4.52. The maximum Gasteiger partial charge on any atom is 0.121 e. The van der Waals surface area contributed by atoms with Crippen LogP contribution in [0.25, 0.3) is 0 Å². The molecule has 0 saturated heterocycles. The molecule has 0 unspecified atom stereocenters. The van der Waals surface area contributed by atoms with Gasteiger partial charge in [0, 0.05) is 0 Å². The van der Waals surface area contributed by atoms with Crippen LogP contribution in [0.4, 0.5) is 0 Å². The highest BCUT2D eigenvalue weighted by Crippen LogP contribution is 2.23. The van der Waals surface area contributed by atoms with Crippen LogP contribution in [-0.4, -0.2) is 10.2 Å². The Kier molecular flexibility index (Phi) is 7.51. The van der Waals surface area contributed by atoms with Crippen LogP contribution in [0.3, 0.4) is 0 Å². The van der Waals surface area contributed by atoms with Gasteiger partial charge >= 0.3 is 0 Å². The molecule has 0 spiro atoms. The van der Waals surface area contributed by atoms with Crippen LogP contribution in [0.5, 0.6) is 11.5 Å². The number of phenols is 2. The highest BCUT2D eigenvalue weighted by molar-refractivity contribution is 5.40. The van der Waals surface area contributed by atoms with E-state index in [1.165, 1.54) is 5.56 Å². The minimum atomic E-state index is 0.437. The quantitative estimate of drug-likeness (QED) is 0.831. The van der Waals surface area contributed by atoms with Crippen LogP contribution in [-0.2, 0) is 25.7 Å². The monoisotopic (exact) mass is 300 g/mol. The predicted octanol–water partition coefficient (Wildman–Crippen LogP) is 5.03. The lowest BCUT2D eigenvalue weighted by Gasteiger charge is -2.06. The topological polar surface area (TPSA) is 40.5 Å². The molecule has 0 atom stereocenters. The fraction of sp³-hybridized carbons (Fsp3) is 0.400. The zero-order chi connectivity index (χ0) is 16.5. The molecule has 2 N–H and O–H groups in total. The highest BCUT2D eigenvalue weighted by Gasteiger charge is 2.02. The van der Waals surface area contributed by atoms with Crippen molar-refractivity contribution in [2.75, 3.05) is 0 Å². The van der Waals surface area contributed by atoms with Crippen molar-refractivity contribution in [1.82, 2.24) is 0 Å². The molecule has 2 heteroatoms. The van der Waals surface area contributed by atoms with Gasteiger partial charge in [-0.1, -0.05) is 58.0 Å². The first-order chi connectivity index (χ1) is 10.6. The lowest BCUT2D eigenvalue weighted by molar-refractivity contribution is 0.462. The van der Waals surface area contributed by atoms with Crippen LogP contribution in [0, 0.1) is 0 Å². The summed E-state index contributed by atoms with van der Waals surface area (Å²) in [6.07, 6.45) is 3.72. The van der Waals surface area contributed by atoms with E-state index in [-0.39, 0.29) is 0 Å². The number of aryl methyl sites for hydroxylation is 3. The summed E-state index contributed by atoms with van der Waals surface area (Å²) < 4.78 is 0. The lowest BCUT2D eigenvalue weighted by atomic mass is 10.0. The van der Waals surface area contributed by atoms with Crippen molar-refractivity contribution >= 4 is 0 Å². The van der Waals surface area contributed by atoms with Gasteiger partial charge in [-0.05, 0) is 54.0 Å². The maximum absolute atomic E-state index is 9.59. The van der Waals surface area contributed by atoms with Crippen molar-refractivity contribution in [3.05, 3.63) is 58.7 Å². The second kappa shape index (κ2) is 9.14. The number of para-hydroxylation sites is 1. The zero-order valence-electron chi connectivity index (χ0n) is 14.2. The van der Waals surface area contributed by atoms with E-state index in [1.807, 2.05) is 24.3 Å². The van der Waals surface area contributed by atoms with Gasteiger partial charge in [-0.2, -0.15) is 0 Å². The van der Waals surface area contributed by atoms with E-state index in [0.717, 1.165) is 42.4 Å². The molecule has 0 aliphatic rings. The van der Waals surface area contributed by atoms with Crippen molar-refractivity contribution in [2.45, 2.75) is 53.4 Å². The molecule has 0 heterocycles. The summed E-state index contributed by atoms with van der Waals surface area (Å²) in [5, 5.41) is 19.0. The second-order valence-electron chi connectivity index (χ2n) is 5.25. The fourth-order valence-corrected chi connectivity index (χ4v) is 2.58. The summed E-state index contributed by atoms with van der Waals surface area (Å²) >= 11 is 0. The van der Waals surface area contributed by atoms with Crippen LogP contribution in [0.1, 0.15) is 49.9 Å². The molecule has 2 nitrogen and oxygen atoms in total. The molecule has 120 valence electrons. The molecule has 2 aromatic carbocycles. The largest absolute Gasteiger partial charge is 0.508 e. The van der Waals surface area contributed by atoms with Gasteiger partial charge in [0.25, 0.3) is 0 Å². The standard InChI is InChI=1S/2C10H14O/c1-3-8-6-5-7-10(11)9(8)4-2;1-3-8-6-5-7-9(4-2)10(8)11/h2*5-7,11H,3-4H2,1-2H3. The van der Waals surface area contributed by atoms with Gasteiger partial charge < -0.3 is 10.2 Å². The van der Waals surface area contributed by atoms with Gasteiger partial charge in [0.05, 0.1) is 0 Å². The third-order valence-corrected chi connectivity index (χ3v) is 3.95. The minimum Gasteiger partial charge on any atom is -0.508 e. The molecular weight excluding hydrogens is 272 g/mol. The van der Waals surface area contributed by atoms with E-state index in [4.69, 9.17) is 0 Å². The van der Waals surface area contributed by atoms with Crippen molar-refractivity contribution in [3.8, 4) is 11.5 Å². The zero-order valence-corrected chi connectivity index (χ0v) is 14.2. The Bertz CT molecular complexity index is 566. The molecule has 0 bridgehead atoms. The SMILES string of the molecule is CCc1cccc(CC)c1O.CCc1cccc(O)c1CC. The molecule has 0 saturated carbocycles. The van der Waals surface area contributed by atoms with Crippen molar-refractivity contribution in [2.24, 2.45) is 0 Å². The molecule has 0 radical (unpaired) electrons. The average molecular weight is 300 g/mol. The molecule has 0 fully saturated rings. The highest BCUT2D eigenvalue weighted by atomic mass is 16.3. The first-order valence-electron chi connectivity index (χ1n) is 8.18. The number of rotatable bonds is 4. The molecule has 0 aromatic heterocycles. The smallest absolute Gasteiger partial charge is 0.121 e. The fourth-order valence-electron chi connectivity index (χ4n) is 2.58. The van der Waals surface area contributed by atoms with Gasteiger partial charge in [0.1, 0.15) is 11.5 Å². The number of hydrogen-bond acceptors (Lipinski definition) is 2. The molecule has 22 heavy (non-hydrogen) atoms. The number of phenolic OH excluding ortho intramolecular Hbond substituents is 2. The Balaban J connectivity index is 0.000000220. The van der Waals surface area contributed by atoms with Crippen molar-refractivity contribution in [3.63, 3.8) is 0 Å².